The minimum absolute atomic E-state index is 0.0102. The van der Waals surface area contributed by atoms with Gasteiger partial charge < -0.3 is 10.2 Å². The summed E-state index contributed by atoms with van der Waals surface area (Å²) < 4.78 is 1.96. The van der Waals surface area contributed by atoms with Crippen molar-refractivity contribution in [2.75, 3.05) is 24.2 Å². The van der Waals surface area contributed by atoms with E-state index < -0.39 is 0 Å². The van der Waals surface area contributed by atoms with Crippen LogP contribution in [-0.4, -0.2) is 40.9 Å². The van der Waals surface area contributed by atoms with Crippen LogP contribution in [0.1, 0.15) is 24.2 Å². The molecule has 3 rings (SSSR count). The van der Waals surface area contributed by atoms with Crippen LogP contribution in [0.5, 0.6) is 0 Å². The number of nitrogens with one attached hydrogen (secondary N) is 1. The smallest absolute Gasteiger partial charge is 0.227 e. The standard InChI is InChI=1S/C20H26N4O2S/c1-14-10-15(2)24(22-14)9-5-8-21-20(26)16-11-19(25)23(13-16)17-6-4-7-18(12-17)27-3/h4,6-7,10,12,16H,5,8-9,11,13H2,1-3H3,(H,21,26). The van der Waals surface area contributed by atoms with Crippen LogP contribution in [0.15, 0.2) is 35.2 Å². The SMILES string of the molecule is CSc1cccc(N2CC(C(=O)NCCCn3nc(C)cc3C)CC2=O)c1. The molecule has 0 saturated carbocycles. The maximum Gasteiger partial charge on any atom is 0.227 e. The zero-order valence-electron chi connectivity index (χ0n) is 16.1. The summed E-state index contributed by atoms with van der Waals surface area (Å²) in [5.41, 5.74) is 3.00. The number of amides is 2. The van der Waals surface area contributed by atoms with Gasteiger partial charge in [-0.2, -0.15) is 5.10 Å². The summed E-state index contributed by atoms with van der Waals surface area (Å²) in [7, 11) is 0. The minimum atomic E-state index is -0.288. The maximum atomic E-state index is 12.5. The molecule has 1 aromatic carbocycles. The lowest BCUT2D eigenvalue weighted by atomic mass is 10.1. The van der Waals surface area contributed by atoms with Gasteiger partial charge in [-0.25, -0.2) is 0 Å². The Kier molecular flexibility index (Phi) is 6.21. The molecule has 2 amide bonds. The number of rotatable bonds is 7. The third kappa shape index (κ3) is 4.71. The highest BCUT2D eigenvalue weighted by Gasteiger charge is 2.34. The van der Waals surface area contributed by atoms with Crippen LogP contribution in [0.3, 0.4) is 0 Å². The Morgan fingerprint density at radius 3 is 2.85 bits per heavy atom. The highest BCUT2D eigenvalue weighted by Crippen LogP contribution is 2.28. The van der Waals surface area contributed by atoms with E-state index in [1.807, 2.05) is 55.1 Å². The van der Waals surface area contributed by atoms with Gasteiger partial charge in [-0.3, -0.25) is 14.3 Å². The van der Waals surface area contributed by atoms with Crippen LogP contribution in [0.25, 0.3) is 0 Å². The van der Waals surface area contributed by atoms with E-state index in [1.165, 1.54) is 0 Å². The van der Waals surface area contributed by atoms with Gasteiger partial charge in [0.05, 0.1) is 11.6 Å². The van der Waals surface area contributed by atoms with Gasteiger partial charge in [0.2, 0.25) is 11.8 Å². The lowest BCUT2D eigenvalue weighted by Gasteiger charge is -2.17. The van der Waals surface area contributed by atoms with Gasteiger partial charge in [-0.15, -0.1) is 11.8 Å². The van der Waals surface area contributed by atoms with Crippen molar-refractivity contribution >= 4 is 29.3 Å². The van der Waals surface area contributed by atoms with Gasteiger partial charge in [0.25, 0.3) is 0 Å². The van der Waals surface area contributed by atoms with Crippen molar-refractivity contribution in [1.29, 1.82) is 0 Å². The molecule has 0 spiro atoms. The molecule has 0 aliphatic carbocycles. The summed E-state index contributed by atoms with van der Waals surface area (Å²) in [5.74, 6) is -0.319. The fraction of sp³-hybridized carbons (Fsp3) is 0.450. The number of carbonyl (C=O) groups is 2. The zero-order valence-corrected chi connectivity index (χ0v) is 16.9. The zero-order chi connectivity index (χ0) is 19.4. The number of aryl methyl sites for hydroxylation is 3. The van der Waals surface area contributed by atoms with Gasteiger partial charge in [-0.1, -0.05) is 6.07 Å². The van der Waals surface area contributed by atoms with E-state index in [0.29, 0.717) is 13.1 Å². The van der Waals surface area contributed by atoms with E-state index in [9.17, 15) is 9.59 Å². The minimum Gasteiger partial charge on any atom is -0.356 e. The van der Waals surface area contributed by atoms with Crippen LogP contribution < -0.4 is 10.2 Å². The predicted molar refractivity (Wildman–Crippen MR) is 108 cm³/mol. The summed E-state index contributed by atoms with van der Waals surface area (Å²) in [5, 5.41) is 7.40. The number of aromatic nitrogens is 2. The first-order chi connectivity index (χ1) is 13.0. The summed E-state index contributed by atoms with van der Waals surface area (Å²) in [6.07, 6.45) is 3.09. The highest BCUT2D eigenvalue weighted by atomic mass is 32.2. The van der Waals surface area contributed by atoms with Gasteiger partial charge in [0.15, 0.2) is 0 Å². The predicted octanol–water partition coefficient (Wildman–Crippen LogP) is 2.78. The van der Waals surface area contributed by atoms with E-state index in [2.05, 4.69) is 10.4 Å². The van der Waals surface area contributed by atoms with Gasteiger partial charge in [-0.05, 0) is 50.8 Å². The Morgan fingerprint density at radius 1 is 1.33 bits per heavy atom. The van der Waals surface area contributed by atoms with Crippen molar-refractivity contribution in [3.63, 3.8) is 0 Å². The lowest BCUT2D eigenvalue weighted by Crippen LogP contribution is -2.33. The van der Waals surface area contributed by atoms with E-state index in [1.54, 1.807) is 16.7 Å². The van der Waals surface area contributed by atoms with Crippen LogP contribution in [0.2, 0.25) is 0 Å². The molecule has 1 aromatic heterocycles. The second kappa shape index (κ2) is 8.61. The van der Waals surface area contributed by atoms with Gasteiger partial charge >= 0.3 is 0 Å². The quantitative estimate of drug-likeness (QED) is 0.587. The lowest BCUT2D eigenvalue weighted by molar-refractivity contribution is -0.126. The van der Waals surface area contributed by atoms with Crippen LogP contribution in [-0.2, 0) is 16.1 Å². The van der Waals surface area contributed by atoms with Crippen molar-refractivity contribution in [2.24, 2.45) is 5.92 Å². The molecule has 0 radical (unpaired) electrons. The molecule has 1 aliphatic heterocycles. The Balaban J connectivity index is 1.49. The molecule has 6 nitrogen and oxygen atoms in total. The number of nitrogens with zero attached hydrogens (tertiary/aromatic N) is 3. The van der Waals surface area contributed by atoms with Crippen molar-refractivity contribution in [1.82, 2.24) is 15.1 Å². The molecule has 1 fully saturated rings. The molecular weight excluding hydrogens is 360 g/mol. The molecule has 1 atom stereocenters. The second-order valence-corrected chi connectivity index (χ2v) is 7.78. The van der Waals surface area contributed by atoms with E-state index in [-0.39, 0.29) is 24.2 Å². The first-order valence-electron chi connectivity index (χ1n) is 9.21. The van der Waals surface area contributed by atoms with Crippen LogP contribution in [0, 0.1) is 19.8 Å². The van der Waals surface area contributed by atoms with E-state index >= 15 is 0 Å². The Hall–Kier alpha value is -2.28. The average Bonchev–Trinajstić information content (AvgIpc) is 3.20. The normalized spacial score (nSPS) is 16.8. The molecule has 0 bridgehead atoms. The number of anilines is 1. The number of hydrogen-bond donors (Lipinski definition) is 1. The van der Waals surface area contributed by atoms with Crippen LogP contribution in [0.4, 0.5) is 5.69 Å². The molecule has 1 saturated heterocycles. The fourth-order valence-corrected chi connectivity index (χ4v) is 3.85. The Bertz CT molecular complexity index is 833. The third-order valence-electron chi connectivity index (χ3n) is 4.81. The first-order valence-corrected chi connectivity index (χ1v) is 10.4. The summed E-state index contributed by atoms with van der Waals surface area (Å²) in [6.45, 7) is 5.81. The van der Waals surface area contributed by atoms with E-state index in [0.717, 1.165) is 34.9 Å². The molecule has 1 unspecified atom stereocenters. The molecule has 1 aliphatic rings. The number of hydrogen-bond acceptors (Lipinski definition) is 4. The topological polar surface area (TPSA) is 67.2 Å². The maximum absolute atomic E-state index is 12.5. The summed E-state index contributed by atoms with van der Waals surface area (Å²) in [4.78, 5) is 27.7. The molecule has 7 heteroatoms. The number of carbonyl (C=O) groups excluding carboxylic acids is 2. The Morgan fingerprint density at radius 2 is 2.15 bits per heavy atom. The molecule has 27 heavy (non-hydrogen) atoms. The fourth-order valence-electron chi connectivity index (χ4n) is 3.40. The second-order valence-electron chi connectivity index (χ2n) is 6.90. The summed E-state index contributed by atoms with van der Waals surface area (Å²) in [6, 6.07) is 9.93. The van der Waals surface area contributed by atoms with Crippen molar-refractivity contribution in [3.05, 3.63) is 41.7 Å². The van der Waals surface area contributed by atoms with Crippen molar-refractivity contribution in [2.45, 2.75) is 38.1 Å². The Labute approximate surface area is 164 Å². The van der Waals surface area contributed by atoms with Gasteiger partial charge in [0, 0.05) is 42.3 Å². The molecule has 1 N–H and O–H groups in total. The number of benzene rings is 1. The third-order valence-corrected chi connectivity index (χ3v) is 5.54. The van der Waals surface area contributed by atoms with Crippen molar-refractivity contribution in [3.8, 4) is 0 Å². The molecule has 2 aromatic rings. The van der Waals surface area contributed by atoms with E-state index in [4.69, 9.17) is 0 Å². The molecule has 144 valence electrons. The van der Waals surface area contributed by atoms with Gasteiger partial charge in [0.1, 0.15) is 0 Å². The average molecular weight is 387 g/mol. The largest absolute Gasteiger partial charge is 0.356 e. The molecule has 2 heterocycles. The summed E-state index contributed by atoms with van der Waals surface area (Å²) >= 11 is 1.64. The monoisotopic (exact) mass is 386 g/mol. The highest BCUT2D eigenvalue weighted by molar-refractivity contribution is 7.98. The van der Waals surface area contributed by atoms with Crippen molar-refractivity contribution < 1.29 is 9.59 Å². The number of thioether (sulfide) groups is 1. The molecular formula is C20H26N4O2S. The first kappa shape index (κ1) is 19.5. The van der Waals surface area contributed by atoms with Crippen LogP contribution >= 0.6 is 11.8 Å².